The van der Waals surface area contributed by atoms with E-state index in [1.807, 2.05) is 20.8 Å². The van der Waals surface area contributed by atoms with Gasteiger partial charge in [-0.15, -0.1) is 0 Å². The Balaban J connectivity index is 2.53. The number of benzene rings is 1. The first kappa shape index (κ1) is 14.0. The molecule has 0 saturated carbocycles. The number of hydrogen-bond acceptors (Lipinski definition) is 4. The zero-order chi connectivity index (χ0) is 14.3. The van der Waals surface area contributed by atoms with Crippen LogP contribution >= 0.6 is 0 Å². The molecule has 0 aliphatic rings. The number of nitrogens with one attached hydrogen (secondary N) is 2. The zero-order valence-electron chi connectivity index (χ0n) is 11.6. The van der Waals surface area contributed by atoms with Crippen LogP contribution in [-0.4, -0.2) is 31.2 Å². The van der Waals surface area contributed by atoms with Crippen LogP contribution in [0.5, 0.6) is 0 Å². The Bertz CT molecular complexity index is 702. The van der Waals surface area contributed by atoms with E-state index in [9.17, 15) is 8.42 Å². The molecule has 0 spiro atoms. The molecule has 6 heteroatoms. The Hall–Kier alpha value is -1.40. The monoisotopic (exact) mass is 281 g/mol. The van der Waals surface area contributed by atoms with E-state index in [1.54, 1.807) is 18.2 Å². The van der Waals surface area contributed by atoms with Crippen LogP contribution in [0.1, 0.15) is 26.6 Å². The highest BCUT2D eigenvalue weighted by Crippen LogP contribution is 2.22. The number of aromatic nitrogens is 2. The maximum Gasteiger partial charge on any atom is 0.175 e. The van der Waals surface area contributed by atoms with Gasteiger partial charge in [0.2, 0.25) is 0 Å². The number of H-pyrrole nitrogens is 1. The number of hydrogen-bond donors (Lipinski definition) is 2. The highest BCUT2D eigenvalue weighted by atomic mass is 32.2. The van der Waals surface area contributed by atoms with Gasteiger partial charge in [-0.2, -0.15) is 0 Å². The molecule has 0 amide bonds. The minimum Gasteiger partial charge on any atom is -0.340 e. The molecule has 0 aliphatic carbocycles. The highest BCUT2D eigenvalue weighted by molar-refractivity contribution is 7.90. The lowest BCUT2D eigenvalue weighted by Gasteiger charge is -2.22. The SMILES string of the molecule is CCNC(C)(C)c1nc2ccc(S(C)(=O)=O)cc2[nH]1. The minimum absolute atomic E-state index is 0.279. The second-order valence-electron chi connectivity index (χ2n) is 5.19. The average Bonchev–Trinajstić information content (AvgIpc) is 2.70. The fraction of sp³-hybridized carbons (Fsp3) is 0.462. The van der Waals surface area contributed by atoms with Crippen molar-refractivity contribution in [3.63, 3.8) is 0 Å². The van der Waals surface area contributed by atoms with Crippen molar-refractivity contribution in [1.29, 1.82) is 0 Å². The van der Waals surface area contributed by atoms with Gasteiger partial charge in [0, 0.05) is 6.26 Å². The predicted molar refractivity (Wildman–Crippen MR) is 75.9 cm³/mol. The van der Waals surface area contributed by atoms with Gasteiger partial charge in [-0.05, 0) is 38.6 Å². The van der Waals surface area contributed by atoms with Crippen LogP contribution in [0.25, 0.3) is 11.0 Å². The lowest BCUT2D eigenvalue weighted by Crippen LogP contribution is -2.37. The van der Waals surface area contributed by atoms with Crippen molar-refractivity contribution in [1.82, 2.24) is 15.3 Å². The number of fused-ring (bicyclic) bond motifs is 1. The maximum atomic E-state index is 11.5. The maximum absolute atomic E-state index is 11.5. The van der Waals surface area contributed by atoms with Crippen LogP contribution in [0.15, 0.2) is 23.1 Å². The molecule has 2 aromatic rings. The third kappa shape index (κ3) is 2.79. The second-order valence-corrected chi connectivity index (χ2v) is 7.21. The molecule has 0 fully saturated rings. The van der Waals surface area contributed by atoms with E-state index in [0.717, 1.165) is 23.4 Å². The molecule has 0 atom stereocenters. The Morgan fingerprint density at radius 1 is 1.37 bits per heavy atom. The van der Waals surface area contributed by atoms with Gasteiger partial charge in [-0.1, -0.05) is 6.92 Å². The quantitative estimate of drug-likeness (QED) is 0.896. The number of aromatic amines is 1. The van der Waals surface area contributed by atoms with Crippen LogP contribution in [0, 0.1) is 0 Å². The Kier molecular flexibility index (Phi) is 3.40. The molecule has 1 aromatic heterocycles. The lowest BCUT2D eigenvalue weighted by atomic mass is 10.1. The summed E-state index contributed by atoms with van der Waals surface area (Å²) >= 11 is 0. The molecule has 0 unspecified atom stereocenters. The van der Waals surface area contributed by atoms with Gasteiger partial charge in [-0.3, -0.25) is 0 Å². The number of imidazole rings is 1. The van der Waals surface area contributed by atoms with E-state index in [2.05, 4.69) is 15.3 Å². The molecule has 1 heterocycles. The summed E-state index contributed by atoms with van der Waals surface area (Å²) in [6.07, 6.45) is 1.20. The van der Waals surface area contributed by atoms with Crippen molar-refractivity contribution in [2.45, 2.75) is 31.2 Å². The summed E-state index contributed by atoms with van der Waals surface area (Å²) in [4.78, 5) is 8.01. The van der Waals surface area contributed by atoms with Crippen LogP contribution in [0.4, 0.5) is 0 Å². The molecular weight excluding hydrogens is 262 g/mol. The van der Waals surface area contributed by atoms with E-state index in [-0.39, 0.29) is 5.54 Å². The Morgan fingerprint density at radius 2 is 2.05 bits per heavy atom. The molecule has 2 rings (SSSR count). The minimum atomic E-state index is -3.19. The first-order valence-corrected chi connectivity index (χ1v) is 8.08. The van der Waals surface area contributed by atoms with E-state index in [0.29, 0.717) is 4.90 Å². The van der Waals surface area contributed by atoms with Crippen molar-refractivity contribution in [2.75, 3.05) is 12.8 Å². The van der Waals surface area contributed by atoms with Crippen LogP contribution in [0.3, 0.4) is 0 Å². The van der Waals surface area contributed by atoms with Crippen LogP contribution in [0.2, 0.25) is 0 Å². The summed E-state index contributed by atoms with van der Waals surface area (Å²) in [5, 5.41) is 3.33. The molecule has 104 valence electrons. The van der Waals surface area contributed by atoms with Crippen molar-refractivity contribution in [3.05, 3.63) is 24.0 Å². The zero-order valence-corrected chi connectivity index (χ0v) is 12.4. The van der Waals surface area contributed by atoms with Crippen LogP contribution in [-0.2, 0) is 15.4 Å². The van der Waals surface area contributed by atoms with Crippen LogP contribution < -0.4 is 5.32 Å². The molecule has 0 radical (unpaired) electrons. The summed E-state index contributed by atoms with van der Waals surface area (Å²) in [6.45, 7) is 6.93. The standard InChI is InChI=1S/C13H19N3O2S/c1-5-14-13(2,3)12-15-10-7-6-9(19(4,17)18)8-11(10)16-12/h6-8,14H,5H2,1-4H3,(H,15,16). The van der Waals surface area contributed by atoms with Gasteiger partial charge in [0.25, 0.3) is 0 Å². The number of nitrogens with zero attached hydrogens (tertiary/aromatic N) is 1. The second kappa shape index (κ2) is 4.61. The van der Waals surface area contributed by atoms with Gasteiger partial charge in [0.15, 0.2) is 9.84 Å². The molecule has 1 aromatic carbocycles. The summed E-state index contributed by atoms with van der Waals surface area (Å²) in [5.74, 6) is 0.801. The average molecular weight is 281 g/mol. The van der Waals surface area contributed by atoms with E-state index in [1.165, 1.54) is 6.26 Å². The summed E-state index contributed by atoms with van der Waals surface area (Å²) in [7, 11) is -3.19. The first-order valence-electron chi connectivity index (χ1n) is 6.19. The molecule has 0 saturated heterocycles. The van der Waals surface area contributed by atoms with E-state index < -0.39 is 9.84 Å². The third-order valence-electron chi connectivity index (χ3n) is 3.09. The normalized spacial score (nSPS) is 13.1. The van der Waals surface area contributed by atoms with Gasteiger partial charge >= 0.3 is 0 Å². The molecule has 2 N–H and O–H groups in total. The van der Waals surface area contributed by atoms with Gasteiger partial charge in [0.05, 0.1) is 21.5 Å². The summed E-state index contributed by atoms with van der Waals surface area (Å²) < 4.78 is 23.1. The lowest BCUT2D eigenvalue weighted by molar-refractivity contribution is 0.395. The van der Waals surface area contributed by atoms with Gasteiger partial charge in [0.1, 0.15) is 5.82 Å². The largest absolute Gasteiger partial charge is 0.340 e. The number of rotatable bonds is 4. The van der Waals surface area contributed by atoms with E-state index in [4.69, 9.17) is 0 Å². The summed E-state index contributed by atoms with van der Waals surface area (Å²) in [6, 6.07) is 4.94. The van der Waals surface area contributed by atoms with Crippen molar-refractivity contribution >= 4 is 20.9 Å². The Morgan fingerprint density at radius 3 is 2.63 bits per heavy atom. The fourth-order valence-corrected chi connectivity index (χ4v) is 2.69. The van der Waals surface area contributed by atoms with Crippen molar-refractivity contribution in [3.8, 4) is 0 Å². The number of sulfone groups is 1. The Labute approximate surface area is 113 Å². The first-order chi connectivity index (χ1) is 8.74. The highest BCUT2D eigenvalue weighted by Gasteiger charge is 2.23. The predicted octanol–water partition coefficient (Wildman–Crippen LogP) is 1.81. The molecule has 0 aliphatic heterocycles. The molecule has 5 nitrogen and oxygen atoms in total. The smallest absolute Gasteiger partial charge is 0.175 e. The topological polar surface area (TPSA) is 74.8 Å². The fourth-order valence-electron chi connectivity index (χ4n) is 2.04. The van der Waals surface area contributed by atoms with Crippen molar-refractivity contribution < 1.29 is 8.42 Å². The molecular formula is C13H19N3O2S. The van der Waals surface area contributed by atoms with Crippen molar-refractivity contribution in [2.24, 2.45) is 0 Å². The molecule has 19 heavy (non-hydrogen) atoms. The van der Waals surface area contributed by atoms with E-state index >= 15 is 0 Å². The third-order valence-corrected chi connectivity index (χ3v) is 4.20. The summed E-state index contributed by atoms with van der Waals surface area (Å²) in [5.41, 5.74) is 1.23. The van der Waals surface area contributed by atoms with Gasteiger partial charge in [-0.25, -0.2) is 13.4 Å². The van der Waals surface area contributed by atoms with Gasteiger partial charge < -0.3 is 10.3 Å². The molecule has 0 bridgehead atoms.